The zero-order valence-corrected chi connectivity index (χ0v) is 14.9. The number of aliphatic carboxylic acids is 1. The van der Waals surface area contributed by atoms with Gasteiger partial charge in [0.1, 0.15) is 12.2 Å². The van der Waals surface area contributed by atoms with Crippen LogP contribution in [0.1, 0.15) is 55.6 Å². The first-order valence-electron chi connectivity index (χ1n) is 9.26. The molecule has 2 aliphatic rings. The number of hydrogen-bond acceptors (Lipinski definition) is 3. The Bertz CT molecular complexity index is 637. The van der Waals surface area contributed by atoms with E-state index in [0.29, 0.717) is 25.6 Å². The van der Waals surface area contributed by atoms with Crippen molar-refractivity contribution < 1.29 is 19.4 Å². The predicted octanol–water partition coefficient (Wildman–Crippen LogP) is 3.35. The van der Waals surface area contributed by atoms with E-state index in [2.05, 4.69) is 25.1 Å². The molecule has 1 saturated carbocycles. The molecule has 1 aliphatic heterocycles. The van der Waals surface area contributed by atoms with E-state index in [4.69, 9.17) is 9.84 Å². The Labute approximate surface area is 149 Å². The first-order chi connectivity index (χ1) is 12.0. The van der Waals surface area contributed by atoms with Crippen LogP contribution in [0.4, 0.5) is 0 Å². The average Bonchev–Trinajstić information content (AvgIpc) is 3.25. The van der Waals surface area contributed by atoms with Gasteiger partial charge in [-0.1, -0.05) is 30.5 Å². The van der Waals surface area contributed by atoms with Gasteiger partial charge in [-0.2, -0.15) is 0 Å². The van der Waals surface area contributed by atoms with Crippen molar-refractivity contribution in [2.24, 2.45) is 5.92 Å². The van der Waals surface area contributed by atoms with E-state index in [-0.39, 0.29) is 11.8 Å². The standard InChI is InChI=1S/C20H27NO4/c1-14-6-7-18(17(10-14)16-4-2-3-5-16)25-13-15-8-9-21(12-15)19(22)11-20(23)24/h6-7,10,15-16H,2-5,8-9,11-13H2,1H3,(H,23,24). The summed E-state index contributed by atoms with van der Waals surface area (Å²) in [6.07, 6.45) is 5.51. The minimum Gasteiger partial charge on any atom is -0.493 e. The molecule has 0 radical (unpaired) electrons. The van der Waals surface area contributed by atoms with E-state index < -0.39 is 12.4 Å². The van der Waals surface area contributed by atoms with Gasteiger partial charge >= 0.3 is 5.97 Å². The Kier molecular flexibility index (Phi) is 5.61. The summed E-state index contributed by atoms with van der Waals surface area (Å²) in [5, 5.41) is 8.75. The smallest absolute Gasteiger partial charge is 0.312 e. The molecule has 1 N–H and O–H groups in total. The number of likely N-dealkylation sites (tertiary alicyclic amines) is 1. The maximum atomic E-state index is 11.8. The van der Waals surface area contributed by atoms with Crippen LogP contribution < -0.4 is 4.74 Å². The molecule has 5 nitrogen and oxygen atoms in total. The highest BCUT2D eigenvalue weighted by Crippen LogP contribution is 2.39. The molecule has 1 heterocycles. The number of hydrogen-bond donors (Lipinski definition) is 1. The quantitative estimate of drug-likeness (QED) is 0.803. The highest BCUT2D eigenvalue weighted by atomic mass is 16.5. The van der Waals surface area contributed by atoms with E-state index in [1.165, 1.54) is 36.8 Å². The number of aryl methyl sites for hydroxylation is 1. The van der Waals surface area contributed by atoms with Crippen molar-refractivity contribution in [3.63, 3.8) is 0 Å². The molecule has 1 saturated heterocycles. The number of amides is 1. The van der Waals surface area contributed by atoms with Crippen LogP contribution in [0.25, 0.3) is 0 Å². The second kappa shape index (κ2) is 7.89. The molecule has 25 heavy (non-hydrogen) atoms. The molecule has 5 heteroatoms. The monoisotopic (exact) mass is 345 g/mol. The van der Waals surface area contributed by atoms with Crippen LogP contribution in [0.5, 0.6) is 5.75 Å². The number of carbonyl (C=O) groups is 2. The van der Waals surface area contributed by atoms with Gasteiger partial charge in [0.05, 0.1) is 6.61 Å². The molecule has 1 unspecified atom stereocenters. The fourth-order valence-electron chi connectivity index (χ4n) is 4.00. The maximum absolute atomic E-state index is 11.8. The van der Waals surface area contributed by atoms with E-state index in [9.17, 15) is 9.59 Å². The summed E-state index contributed by atoms with van der Waals surface area (Å²) < 4.78 is 6.14. The molecule has 1 atom stereocenters. The molecule has 0 bridgehead atoms. The first-order valence-corrected chi connectivity index (χ1v) is 9.26. The molecule has 1 aromatic rings. The van der Waals surface area contributed by atoms with E-state index >= 15 is 0 Å². The van der Waals surface area contributed by atoms with Gasteiger partial charge < -0.3 is 14.7 Å². The van der Waals surface area contributed by atoms with E-state index in [1.807, 2.05) is 0 Å². The molecule has 2 fully saturated rings. The largest absolute Gasteiger partial charge is 0.493 e. The summed E-state index contributed by atoms with van der Waals surface area (Å²) in [7, 11) is 0. The van der Waals surface area contributed by atoms with Crippen LogP contribution in [0.15, 0.2) is 18.2 Å². The Morgan fingerprint density at radius 2 is 2.00 bits per heavy atom. The second-order valence-electron chi connectivity index (χ2n) is 7.40. The van der Waals surface area contributed by atoms with Crippen LogP contribution in [-0.4, -0.2) is 41.6 Å². The van der Waals surface area contributed by atoms with Gasteiger partial charge in [-0.25, -0.2) is 0 Å². The predicted molar refractivity (Wildman–Crippen MR) is 94.8 cm³/mol. The fourth-order valence-corrected chi connectivity index (χ4v) is 4.00. The van der Waals surface area contributed by atoms with Crippen molar-refractivity contribution in [2.45, 2.75) is 51.4 Å². The Morgan fingerprint density at radius 1 is 1.24 bits per heavy atom. The van der Waals surface area contributed by atoms with Crippen molar-refractivity contribution in [2.75, 3.05) is 19.7 Å². The zero-order chi connectivity index (χ0) is 17.8. The van der Waals surface area contributed by atoms with Gasteiger partial charge in [0, 0.05) is 19.0 Å². The topological polar surface area (TPSA) is 66.8 Å². The van der Waals surface area contributed by atoms with Gasteiger partial charge in [0.2, 0.25) is 5.91 Å². The van der Waals surface area contributed by atoms with Gasteiger partial charge in [-0.05, 0) is 43.7 Å². The van der Waals surface area contributed by atoms with Crippen LogP contribution in [-0.2, 0) is 9.59 Å². The molecule has 136 valence electrons. The molecule has 1 aliphatic carbocycles. The first kappa shape index (κ1) is 17.8. The number of ether oxygens (including phenoxy) is 1. The Hall–Kier alpha value is -2.04. The molecule has 0 spiro atoms. The normalized spacial score (nSPS) is 20.8. The lowest BCUT2D eigenvalue weighted by Crippen LogP contribution is -2.31. The van der Waals surface area contributed by atoms with Crippen LogP contribution in [0.2, 0.25) is 0 Å². The molecule has 3 rings (SSSR count). The van der Waals surface area contributed by atoms with Gasteiger partial charge in [-0.15, -0.1) is 0 Å². The van der Waals surface area contributed by atoms with Crippen LogP contribution in [0, 0.1) is 12.8 Å². The van der Waals surface area contributed by atoms with Crippen molar-refractivity contribution >= 4 is 11.9 Å². The Balaban J connectivity index is 1.57. The van der Waals surface area contributed by atoms with Crippen molar-refractivity contribution in [3.05, 3.63) is 29.3 Å². The van der Waals surface area contributed by atoms with Gasteiger partial charge in [0.25, 0.3) is 0 Å². The summed E-state index contributed by atoms with van der Waals surface area (Å²) >= 11 is 0. The number of benzene rings is 1. The minimum absolute atomic E-state index is 0.274. The van der Waals surface area contributed by atoms with Crippen molar-refractivity contribution in [1.82, 2.24) is 4.90 Å². The number of carboxylic acid groups (broad SMARTS) is 1. The third-order valence-electron chi connectivity index (χ3n) is 5.38. The highest BCUT2D eigenvalue weighted by molar-refractivity contribution is 5.93. The van der Waals surface area contributed by atoms with Gasteiger partial charge in [0.15, 0.2) is 0 Å². The molecule has 0 aromatic heterocycles. The molecular weight excluding hydrogens is 318 g/mol. The van der Waals surface area contributed by atoms with Crippen LogP contribution >= 0.6 is 0 Å². The van der Waals surface area contributed by atoms with Crippen molar-refractivity contribution in [3.8, 4) is 5.75 Å². The Morgan fingerprint density at radius 3 is 2.72 bits per heavy atom. The fraction of sp³-hybridized carbons (Fsp3) is 0.600. The lowest BCUT2D eigenvalue weighted by atomic mass is 9.95. The highest BCUT2D eigenvalue weighted by Gasteiger charge is 2.28. The summed E-state index contributed by atoms with van der Waals surface area (Å²) in [6, 6.07) is 6.42. The number of carboxylic acids is 1. The number of rotatable bonds is 6. The SMILES string of the molecule is Cc1ccc(OCC2CCN(C(=O)CC(=O)O)C2)c(C2CCCC2)c1. The maximum Gasteiger partial charge on any atom is 0.312 e. The lowest BCUT2D eigenvalue weighted by molar-refractivity contribution is -0.143. The van der Waals surface area contributed by atoms with Crippen molar-refractivity contribution in [1.29, 1.82) is 0 Å². The lowest BCUT2D eigenvalue weighted by Gasteiger charge is -2.19. The minimum atomic E-state index is -1.06. The third kappa shape index (κ3) is 4.53. The van der Waals surface area contributed by atoms with E-state index in [0.717, 1.165) is 12.2 Å². The summed E-state index contributed by atoms with van der Waals surface area (Å²) in [5.41, 5.74) is 2.59. The van der Waals surface area contributed by atoms with E-state index in [1.54, 1.807) is 4.90 Å². The average molecular weight is 345 g/mol. The summed E-state index contributed by atoms with van der Waals surface area (Å²) in [4.78, 5) is 24.2. The third-order valence-corrected chi connectivity index (χ3v) is 5.38. The number of carbonyl (C=O) groups excluding carboxylic acids is 1. The molecular formula is C20H27NO4. The zero-order valence-electron chi connectivity index (χ0n) is 14.9. The van der Waals surface area contributed by atoms with Gasteiger partial charge in [-0.3, -0.25) is 9.59 Å². The summed E-state index contributed by atoms with van der Waals surface area (Å²) in [6.45, 7) is 3.92. The second-order valence-corrected chi connectivity index (χ2v) is 7.40. The molecule has 1 amide bonds. The molecule has 1 aromatic carbocycles. The number of nitrogens with zero attached hydrogens (tertiary/aromatic N) is 1. The van der Waals surface area contributed by atoms with Crippen LogP contribution in [0.3, 0.4) is 0 Å². The summed E-state index contributed by atoms with van der Waals surface area (Å²) in [5.74, 6) is 0.498.